The Morgan fingerprint density at radius 3 is 2.86 bits per heavy atom. The third-order valence-corrected chi connectivity index (χ3v) is 3.99. The van der Waals surface area contributed by atoms with Gasteiger partial charge in [0, 0.05) is 16.0 Å². The van der Waals surface area contributed by atoms with Crippen molar-refractivity contribution in [3.8, 4) is 11.5 Å². The van der Waals surface area contributed by atoms with Gasteiger partial charge in [-0.3, -0.25) is 0 Å². The molecule has 0 atom stereocenters. The van der Waals surface area contributed by atoms with Crippen molar-refractivity contribution in [2.75, 3.05) is 6.61 Å². The summed E-state index contributed by atoms with van der Waals surface area (Å²) in [5, 5.41) is 0. The Labute approximate surface area is 131 Å². The number of nitrogens with zero attached hydrogens (tertiary/aromatic N) is 1. The molecule has 0 spiro atoms. The van der Waals surface area contributed by atoms with Gasteiger partial charge in [-0.15, -0.1) is 0 Å². The molecule has 1 fully saturated rings. The van der Waals surface area contributed by atoms with Crippen LogP contribution >= 0.6 is 15.9 Å². The first kappa shape index (κ1) is 14.3. The first-order valence-electron chi connectivity index (χ1n) is 7.04. The van der Waals surface area contributed by atoms with Gasteiger partial charge in [-0.2, -0.15) is 0 Å². The summed E-state index contributed by atoms with van der Waals surface area (Å²) in [4.78, 5) is 16.6. The largest absolute Gasteiger partial charge is 0.460 e. The second-order valence-electron chi connectivity index (χ2n) is 5.19. The smallest absolute Gasteiger partial charge is 0.376 e. The second kappa shape index (κ2) is 5.64. The first-order valence-corrected chi connectivity index (χ1v) is 7.83. The number of aromatic nitrogens is 1. The number of hydrogen-bond acceptors (Lipinski definition) is 4. The number of hydrogen-bond donors (Lipinski definition) is 0. The molecule has 0 amide bonds. The fraction of sp³-hybridized carbons (Fsp3) is 0.375. The van der Waals surface area contributed by atoms with Crippen LogP contribution in [0.25, 0.3) is 11.5 Å². The number of carbonyl (C=O) groups excluding carboxylic acids is 1. The van der Waals surface area contributed by atoms with E-state index in [-0.39, 0.29) is 5.76 Å². The molecule has 110 valence electrons. The number of oxazole rings is 1. The number of aryl methyl sites for hydroxylation is 1. The van der Waals surface area contributed by atoms with Gasteiger partial charge in [0.2, 0.25) is 11.7 Å². The summed E-state index contributed by atoms with van der Waals surface area (Å²) in [6.45, 7) is 4.10. The molecular formula is C16H16BrNO3. The van der Waals surface area contributed by atoms with Crippen molar-refractivity contribution >= 4 is 21.9 Å². The lowest BCUT2D eigenvalue weighted by Crippen LogP contribution is -2.05. The number of benzene rings is 1. The summed E-state index contributed by atoms with van der Waals surface area (Å²) in [6.07, 6.45) is 2.11. The van der Waals surface area contributed by atoms with Crippen LogP contribution < -0.4 is 0 Å². The fourth-order valence-corrected chi connectivity index (χ4v) is 2.77. The molecule has 1 aromatic heterocycles. The van der Waals surface area contributed by atoms with Gasteiger partial charge in [0.1, 0.15) is 0 Å². The molecule has 1 aromatic carbocycles. The Morgan fingerprint density at radius 1 is 1.48 bits per heavy atom. The molecule has 0 unspecified atom stereocenters. The predicted molar refractivity (Wildman–Crippen MR) is 82.3 cm³/mol. The minimum Gasteiger partial charge on any atom is -0.460 e. The molecule has 1 aliphatic rings. The van der Waals surface area contributed by atoms with Crippen LogP contribution in [0.4, 0.5) is 0 Å². The number of rotatable bonds is 4. The fourth-order valence-electron chi connectivity index (χ4n) is 2.29. The lowest BCUT2D eigenvalue weighted by atomic mass is 10.1. The van der Waals surface area contributed by atoms with Gasteiger partial charge >= 0.3 is 5.97 Å². The molecular weight excluding hydrogens is 334 g/mol. The SMILES string of the molecule is CCOC(=O)c1oc(-c2ccc(Br)cc2C)nc1C1CC1. The maximum atomic E-state index is 12.0. The van der Waals surface area contributed by atoms with Crippen molar-refractivity contribution in [1.29, 1.82) is 0 Å². The van der Waals surface area contributed by atoms with Crippen LogP contribution in [0.2, 0.25) is 0 Å². The zero-order valence-electron chi connectivity index (χ0n) is 12.0. The summed E-state index contributed by atoms with van der Waals surface area (Å²) >= 11 is 3.44. The second-order valence-corrected chi connectivity index (χ2v) is 6.10. The molecule has 0 saturated heterocycles. The lowest BCUT2D eigenvalue weighted by Gasteiger charge is -2.01. The van der Waals surface area contributed by atoms with Crippen LogP contribution in [0.3, 0.4) is 0 Å². The average molecular weight is 350 g/mol. The highest BCUT2D eigenvalue weighted by atomic mass is 79.9. The molecule has 5 heteroatoms. The van der Waals surface area contributed by atoms with Crippen LogP contribution in [-0.4, -0.2) is 17.6 Å². The van der Waals surface area contributed by atoms with E-state index in [1.54, 1.807) is 6.92 Å². The van der Waals surface area contributed by atoms with E-state index >= 15 is 0 Å². The molecule has 4 nitrogen and oxygen atoms in total. The van der Waals surface area contributed by atoms with Gasteiger partial charge in [0.05, 0.1) is 12.3 Å². The van der Waals surface area contributed by atoms with Crippen molar-refractivity contribution in [3.63, 3.8) is 0 Å². The number of esters is 1. The maximum Gasteiger partial charge on any atom is 0.376 e. The third-order valence-electron chi connectivity index (χ3n) is 3.50. The van der Waals surface area contributed by atoms with Crippen LogP contribution in [0, 0.1) is 6.92 Å². The van der Waals surface area contributed by atoms with Gasteiger partial charge in [-0.1, -0.05) is 15.9 Å². The van der Waals surface area contributed by atoms with Crippen molar-refractivity contribution in [2.24, 2.45) is 0 Å². The van der Waals surface area contributed by atoms with Crippen molar-refractivity contribution in [2.45, 2.75) is 32.6 Å². The Hall–Kier alpha value is -1.62. The summed E-state index contributed by atoms with van der Waals surface area (Å²) in [5.41, 5.74) is 2.68. The zero-order valence-corrected chi connectivity index (χ0v) is 13.6. The molecule has 1 heterocycles. The van der Waals surface area contributed by atoms with E-state index in [1.807, 2.05) is 25.1 Å². The molecule has 3 rings (SSSR count). The average Bonchev–Trinajstić information content (AvgIpc) is 3.19. The van der Waals surface area contributed by atoms with Gasteiger partial charge in [0.15, 0.2) is 0 Å². The minimum absolute atomic E-state index is 0.261. The van der Waals surface area contributed by atoms with Gasteiger partial charge in [0.25, 0.3) is 0 Å². The predicted octanol–water partition coefficient (Wildman–Crippen LogP) is 4.47. The normalized spacial score (nSPS) is 14.2. The minimum atomic E-state index is -0.423. The maximum absolute atomic E-state index is 12.0. The van der Waals surface area contributed by atoms with Crippen molar-refractivity contribution in [3.05, 3.63) is 39.7 Å². The van der Waals surface area contributed by atoms with Crippen molar-refractivity contribution in [1.82, 2.24) is 4.98 Å². The van der Waals surface area contributed by atoms with Gasteiger partial charge in [-0.05, 0) is 50.5 Å². The molecule has 0 N–H and O–H groups in total. The summed E-state index contributed by atoms with van der Waals surface area (Å²) < 4.78 is 11.8. The van der Waals surface area contributed by atoms with Crippen molar-refractivity contribution < 1.29 is 13.9 Å². The van der Waals surface area contributed by atoms with Crippen LogP contribution in [0.1, 0.15) is 47.5 Å². The highest BCUT2D eigenvalue weighted by molar-refractivity contribution is 9.10. The lowest BCUT2D eigenvalue weighted by molar-refractivity contribution is 0.0489. The Balaban J connectivity index is 2.03. The Kier molecular flexibility index (Phi) is 3.85. The highest BCUT2D eigenvalue weighted by Crippen LogP contribution is 2.43. The van der Waals surface area contributed by atoms with E-state index in [4.69, 9.17) is 9.15 Å². The summed E-state index contributed by atoms with van der Waals surface area (Å²) in [6, 6.07) is 5.88. The quantitative estimate of drug-likeness (QED) is 0.764. The number of halogens is 1. The highest BCUT2D eigenvalue weighted by Gasteiger charge is 2.34. The number of ether oxygens (including phenoxy) is 1. The van der Waals surface area contributed by atoms with E-state index in [2.05, 4.69) is 20.9 Å². The molecule has 1 aliphatic carbocycles. The van der Waals surface area contributed by atoms with E-state index in [1.165, 1.54) is 0 Å². The zero-order chi connectivity index (χ0) is 15.0. The Morgan fingerprint density at radius 2 is 2.24 bits per heavy atom. The van der Waals surface area contributed by atoms with E-state index in [0.717, 1.165) is 34.1 Å². The molecule has 1 saturated carbocycles. The summed E-state index contributed by atoms with van der Waals surface area (Å²) in [5.74, 6) is 0.659. The van der Waals surface area contributed by atoms with Gasteiger partial charge in [-0.25, -0.2) is 9.78 Å². The monoisotopic (exact) mass is 349 g/mol. The summed E-state index contributed by atoms with van der Waals surface area (Å²) in [7, 11) is 0. The van der Waals surface area contributed by atoms with Crippen LogP contribution in [-0.2, 0) is 4.74 Å². The number of carbonyl (C=O) groups is 1. The molecule has 21 heavy (non-hydrogen) atoms. The molecule has 0 radical (unpaired) electrons. The van der Waals surface area contributed by atoms with E-state index in [9.17, 15) is 4.79 Å². The molecule has 2 aromatic rings. The first-order chi connectivity index (χ1) is 10.1. The molecule has 0 aliphatic heterocycles. The van der Waals surface area contributed by atoms with Gasteiger partial charge < -0.3 is 9.15 Å². The van der Waals surface area contributed by atoms with Crippen LogP contribution in [0.5, 0.6) is 0 Å². The van der Waals surface area contributed by atoms with E-state index in [0.29, 0.717) is 18.4 Å². The van der Waals surface area contributed by atoms with Crippen LogP contribution in [0.15, 0.2) is 27.1 Å². The molecule has 0 bridgehead atoms. The Bertz CT molecular complexity index is 689. The topological polar surface area (TPSA) is 52.3 Å². The van der Waals surface area contributed by atoms with E-state index < -0.39 is 5.97 Å². The third kappa shape index (κ3) is 2.88. The standard InChI is InChI=1S/C16H16BrNO3/c1-3-20-16(19)14-13(10-4-5-10)18-15(21-14)12-7-6-11(17)8-9(12)2/h6-8,10H,3-5H2,1-2H3.